The summed E-state index contributed by atoms with van der Waals surface area (Å²) in [6.07, 6.45) is 10.9. The number of hydrogen-bond donors (Lipinski definition) is 2. The average Bonchev–Trinajstić information content (AvgIpc) is 3.11. The molecule has 3 N–H and O–H groups in total. The van der Waals surface area contributed by atoms with Crippen LogP contribution >= 0.6 is 24.8 Å². The molecule has 0 atom stereocenters. The molecule has 0 unspecified atom stereocenters. The second-order valence-electron chi connectivity index (χ2n) is 7.22. The van der Waals surface area contributed by atoms with Crippen LogP contribution in [0, 0.1) is 5.92 Å². The number of nitrogens with zero attached hydrogens (tertiary/aromatic N) is 2. The van der Waals surface area contributed by atoms with Crippen LogP contribution in [0.3, 0.4) is 0 Å². The van der Waals surface area contributed by atoms with Gasteiger partial charge in [0.25, 0.3) is 0 Å². The molecule has 0 bridgehead atoms. The lowest BCUT2D eigenvalue weighted by molar-refractivity contribution is -0.146. The molecule has 1 aromatic heterocycles. The molecule has 1 saturated carbocycles. The second-order valence-corrected chi connectivity index (χ2v) is 7.22. The summed E-state index contributed by atoms with van der Waals surface area (Å²) >= 11 is 0. The fraction of sp³-hybridized carbons (Fsp3) is 0.632. The largest absolute Gasteiger partial charge is 0.469 e. The number of esters is 1. The van der Waals surface area contributed by atoms with Crippen molar-refractivity contribution < 1.29 is 14.3 Å². The normalized spacial score (nSPS) is 22.9. The molecule has 7 nitrogen and oxygen atoms in total. The first-order valence-corrected chi connectivity index (χ1v) is 9.43. The van der Waals surface area contributed by atoms with Gasteiger partial charge in [-0.05, 0) is 57.7 Å². The van der Waals surface area contributed by atoms with Gasteiger partial charge in [-0.2, -0.15) is 0 Å². The Morgan fingerprint density at radius 3 is 2.39 bits per heavy atom. The molecule has 1 saturated heterocycles. The number of hydrogen-bond acceptors (Lipinski definition) is 5. The average molecular weight is 433 g/mol. The molecular weight excluding hydrogens is 403 g/mol. The lowest BCUT2D eigenvalue weighted by Crippen LogP contribution is -2.29. The number of rotatable bonds is 5. The molecule has 2 heterocycles. The van der Waals surface area contributed by atoms with Gasteiger partial charge in [-0.1, -0.05) is 0 Å². The van der Waals surface area contributed by atoms with Crippen LogP contribution in [-0.4, -0.2) is 41.6 Å². The standard InChI is InChI=1S/C19H28N4O3.2ClH/c1-26-19(25)14-4-2-13(3-5-14)16-12-23(15-8-10-21-11-9-15)18(22-16)7-6-17(20)24;;/h6-7,12-15,21H,2-5,8-11H2,1H3,(H2,20,24);2*1H/b7-6+;;. The molecule has 0 radical (unpaired) electrons. The van der Waals surface area contributed by atoms with Gasteiger partial charge in [0.1, 0.15) is 5.82 Å². The fourth-order valence-electron chi connectivity index (χ4n) is 4.07. The number of nitrogens with two attached hydrogens (primary N) is 1. The van der Waals surface area contributed by atoms with Crippen LogP contribution in [0.4, 0.5) is 0 Å². The Kier molecular flexibility index (Phi) is 9.99. The number of methoxy groups -OCH3 is 1. The summed E-state index contributed by atoms with van der Waals surface area (Å²) in [6.45, 7) is 1.97. The van der Waals surface area contributed by atoms with E-state index in [9.17, 15) is 9.59 Å². The number of carbonyl (C=O) groups excluding carboxylic acids is 2. The maximum Gasteiger partial charge on any atom is 0.308 e. The molecule has 9 heteroatoms. The van der Waals surface area contributed by atoms with Gasteiger partial charge in [-0.15, -0.1) is 24.8 Å². The lowest BCUT2D eigenvalue weighted by atomic mass is 9.81. The molecule has 1 amide bonds. The van der Waals surface area contributed by atoms with Gasteiger partial charge in [0, 0.05) is 24.2 Å². The van der Waals surface area contributed by atoms with E-state index in [-0.39, 0.29) is 36.7 Å². The zero-order valence-electron chi connectivity index (χ0n) is 16.1. The lowest BCUT2D eigenvalue weighted by Gasteiger charge is -2.26. The maximum atomic E-state index is 11.7. The molecule has 1 aliphatic heterocycles. The molecule has 0 spiro atoms. The van der Waals surface area contributed by atoms with Crippen molar-refractivity contribution in [2.24, 2.45) is 11.7 Å². The number of aromatic nitrogens is 2. The molecule has 2 aliphatic rings. The van der Waals surface area contributed by atoms with E-state index in [2.05, 4.69) is 16.1 Å². The molecule has 2 fully saturated rings. The van der Waals surface area contributed by atoms with Crippen molar-refractivity contribution in [1.29, 1.82) is 0 Å². The number of amides is 1. The van der Waals surface area contributed by atoms with Crippen molar-refractivity contribution in [2.75, 3.05) is 20.2 Å². The van der Waals surface area contributed by atoms with Crippen LogP contribution in [0.2, 0.25) is 0 Å². The van der Waals surface area contributed by atoms with Gasteiger partial charge >= 0.3 is 5.97 Å². The van der Waals surface area contributed by atoms with E-state index in [4.69, 9.17) is 15.5 Å². The van der Waals surface area contributed by atoms with Gasteiger partial charge < -0.3 is 20.4 Å². The molecule has 158 valence electrons. The van der Waals surface area contributed by atoms with E-state index < -0.39 is 5.91 Å². The molecule has 0 aromatic carbocycles. The van der Waals surface area contributed by atoms with E-state index in [1.807, 2.05) is 0 Å². The smallest absolute Gasteiger partial charge is 0.308 e. The Morgan fingerprint density at radius 1 is 1.18 bits per heavy atom. The number of imidazole rings is 1. The molecular formula is C19H30Cl2N4O3. The third-order valence-electron chi connectivity index (χ3n) is 5.56. The van der Waals surface area contributed by atoms with E-state index in [1.54, 1.807) is 6.08 Å². The monoisotopic (exact) mass is 432 g/mol. The minimum absolute atomic E-state index is 0. The molecule has 1 aromatic rings. The van der Waals surface area contributed by atoms with Gasteiger partial charge in [-0.25, -0.2) is 4.98 Å². The van der Waals surface area contributed by atoms with E-state index in [1.165, 1.54) is 13.2 Å². The van der Waals surface area contributed by atoms with Crippen molar-refractivity contribution in [3.8, 4) is 0 Å². The number of piperidine rings is 1. The topological polar surface area (TPSA) is 99.2 Å². The number of halogens is 2. The van der Waals surface area contributed by atoms with Crippen molar-refractivity contribution in [2.45, 2.75) is 50.5 Å². The Balaban J connectivity index is 0.00000196. The van der Waals surface area contributed by atoms with Crippen molar-refractivity contribution in [3.63, 3.8) is 0 Å². The highest BCUT2D eigenvalue weighted by Gasteiger charge is 2.29. The zero-order valence-corrected chi connectivity index (χ0v) is 17.8. The van der Waals surface area contributed by atoms with Crippen LogP contribution in [0.1, 0.15) is 62.0 Å². The Hall–Kier alpha value is -1.57. The van der Waals surface area contributed by atoms with Crippen molar-refractivity contribution >= 4 is 42.8 Å². The summed E-state index contributed by atoms with van der Waals surface area (Å²) in [7, 11) is 1.45. The van der Waals surface area contributed by atoms with Crippen LogP contribution in [0.25, 0.3) is 6.08 Å². The number of ether oxygens (including phenoxy) is 1. The Bertz CT molecular complexity index is 679. The van der Waals surface area contributed by atoms with Gasteiger partial charge in [0.15, 0.2) is 0 Å². The first-order chi connectivity index (χ1) is 12.6. The number of carbonyl (C=O) groups is 2. The van der Waals surface area contributed by atoms with Crippen LogP contribution < -0.4 is 11.1 Å². The molecule has 1 aliphatic carbocycles. The van der Waals surface area contributed by atoms with Crippen LogP contribution in [-0.2, 0) is 14.3 Å². The van der Waals surface area contributed by atoms with Crippen molar-refractivity contribution in [1.82, 2.24) is 14.9 Å². The second kappa shape index (κ2) is 11.4. The summed E-state index contributed by atoms with van der Waals surface area (Å²) in [5.41, 5.74) is 6.31. The van der Waals surface area contributed by atoms with Gasteiger partial charge in [0.2, 0.25) is 5.91 Å². The van der Waals surface area contributed by atoms with Gasteiger partial charge in [-0.3, -0.25) is 9.59 Å². The van der Waals surface area contributed by atoms with Crippen molar-refractivity contribution in [3.05, 3.63) is 23.8 Å². The minimum Gasteiger partial charge on any atom is -0.469 e. The zero-order chi connectivity index (χ0) is 18.5. The minimum atomic E-state index is -0.468. The first kappa shape index (κ1) is 24.5. The summed E-state index contributed by atoms with van der Waals surface area (Å²) in [4.78, 5) is 27.7. The van der Waals surface area contributed by atoms with E-state index in [0.717, 1.165) is 63.1 Å². The fourth-order valence-corrected chi connectivity index (χ4v) is 4.07. The molecule has 28 heavy (non-hydrogen) atoms. The first-order valence-electron chi connectivity index (χ1n) is 9.43. The highest BCUT2D eigenvalue weighted by molar-refractivity contribution is 5.89. The summed E-state index contributed by atoms with van der Waals surface area (Å²) < 4.78 is 7.07. The SMILES string of the molecule is COC(=O)C1CCC(c2cn(C3CCNCC3)c(/C=C/C(N)=O)n2)CC1.Cl.Cl. The maximum absolute atomic E-state index is 11.7. The highest BCUT2D eigenvalue weighted by Crippen LogP contribution is 2.36. The summed E-state index contributed by atoms with van der Waals surface area (Å²) in [5, 5.41) is 3.38. The van der Waals surface area contributed by atoms with Gasteiger partial charge in [0.05, 0.1) is 18.7 Å². The highest BCUT2D eigenvalue weighted by atomic mass is 35.5. The predicted octanol–water partition coefficient (Wildman–Crippen LogP) is 2.60. The number of nitrogens with one attached hydrogen (secondary N) is 1. The summed E-state index contributed by atoms with van der Waals surface area (Å²) in [6, 6.07) is 0.386. The van der Waals surface area contributed by atoms with Crippen LogP contribution in [0.5, 0.6) is 0 Å². The molecule has 3 rings (SSSR count). The van der Waals surface area contributed by atoms with E-state index in [0.29, 0.717) is 12.0 Å². The van der Waals surface area contributed by atoms with E-state index >= 15 is 0 Å². The predicted molar refractivity (Wildman–Crippen MR) is 113 cm³/mol. The summed E-state index contributed by atoms with van der Waals surface area (Å²) in [5.74, 6) is 0.580. The third-order valence-corrected chi connectivity index (χ3v) is 5.56. The Labute approximate surface area is 178 Å². The quantitative estimate of drug-likeness (QED) is 0.549. The Morgan fingerprint density at radius 2 is 1.82 bits per heavy atom. The number of primary amides is 1. The third kappa shape index (κ3) is 5.96. The van der Waals surface area contributed by atoms with Crippen LogP contribution in [0.15, 0.2) is 12.3 Å².